The molecule has 2 heterocycles. The van der Waals surface area contributed by atoms with E-state index in [0.717, 1.165) is 12.2 Å². The van der Waals surface area contributed by atoms with Gasteiger partial charge in [0.25, 0.3) is 0 Å². The van der Waals surface area contributed by atoms with Gasteiger partial charge < -0.3 is 5.32 Å². The first-order chi connectivity index (χ1) is 6.75. The third-order valence-corrected chi connectivity index (χ3v) is 3.13. The van der Waals surface area contributed by atoms with Crippen molar-refractivity contribution in [3.8, 4) is 0 Å². The van der Waals surface area contributed by atoms with Gasteiger partial charge in [-0.1, -0.05) is 0 Å². The van der Waals surface area contributed by atoms with Gasteiger partial charge in [-0.2, -0.15) is 5.10 Å². The molecule has 0 bridgehead atoms. The molecule has 0 amide bonds. The molecule has 0 atom stereocenters. The third-order valence-electron chi connectivity index (χ3n) is 2.12. The van der Waals surface area contributed by atoms with Gasteiger partial charge in [0.15, 0.2) is 0 Å². The van der Waals surface area contributed by atoms with Crippen molar-refractivity contribution in [1.82, 2.24) is 10.2 Å². The molecule has 0 spiro atoms. The number of nitrogens with one attached hydrogen (secondary N) is 2. The highest BCUT2D eigenvalue weighted by Crippen LogP contribution is 2.21. The lowest BCUT2D eigenvalue weighted by molar-refractivity contribution is 1.09. The lowest BCUT2D eigenvalue weighted by atomic mass is 10.2. The van der Waals surface area contributed by atoms with E-state index in [1.165, 1.54) is 15.3 Å². The molecule has 0 saturated heterocycles. The Bertz CT molecular complexity index is 403. The Morgan fingerprint density at radius 2 is 2.36 bits per heavy atom. The van der Waals surface area contributed by atoms with E-state index in [4.69, 9.17) is 0 Å². The van der Waals surface area contributed by atoms with E-state index < -0.39 is 0 Å². The lowest BCUT2D eigenvalue weighted by Gasteiger charge is -2.01. The predicted molar refractivity (Wildman–Crippen MR) is 59.7 cm³/mol. The molecule has 2 rings (SSSR count). The highest BCUT2D eigenvalue weighted by molar-refractivity contribution is 7.12. The average Bonchev–Trinajstić information content (AvgIpc) is 2.72. The number of aryl methyl sites for hydroxylation is 2. The maximum absolute atomic E-state index is 3.88. The Labute approximate surface area is 87.2 Å². The zero-order chi connectivity index (χ0) is 9.97. The van der Waals surface area contributed by atoms with Gasteiger partial charge in [0.2, 0.25) is 0 Å². The van der Waals surface area contributed by atoms with E-state index in [1.807, 2.05) is 17.5 Å². The van der Waals surface area contributed by atoms with E-state index >= 15 is 0 Å². The number of aromatic nitrogens is 2. The number of rotatable bonds is 3. The van der Waals surface area contributed by atoms with Gasteiger partial charge in [-0.25, -0.2) is 0 Å². The summed E-state index contributed by atoms with van der Waals surface area (Å²) >= 11 is 1.84. The Hall–Kier alpha value is -1.29. The van der Waals surface area contributed by atoms with Crippen molar-refractivity contribution in [1.29, 1.82) is 0 Å². The Morgan fingerprint density at radius 1 is 1.50 bits per heavy atom. The van der Waals surface area contributed by atoms with E-state index in [9.17, 15) is 0 Å². The van der Waals surface area contributed by atoms with E-state index in [2.05, 4.69) is 35.4 Å². The molecule has 74 valence electrons. The third kappa shape index (κ3) is 1.96. The predicted octanol–water partition coefficient (Wildman–Crippen LogP) is 2.70. The normalized spacial score (nSPS) is 10.4. The fourth-order valence-corrected chi connectivity index (χ4v) is 2.35. The van der Waals surface area contributed by atoms with E-state index in [0.29, 0.717) is 0 Å². The molecule has 0 aliphatic rings. The van der Waals surface area contributed by atoms with Crippen molar-refractivity contribution in [3.63, 3.8) is 0 Å². The van der Waals surface area contributed by atoms with Crippen LogP contribution >= 0.6 is 11.3 Å². The van der Waals surface area contributed by atoms with Crippen LogP contribution in [0, 0.1) is 13.8 Å². The first-order valence-electron chi connectivity index (χ1n) is 4.54. The van der Waals surface area contributed by atoms with Crippen molar-refractivity contribution >= 4 is 17.0 Å². The fraction of sp³-hybridized carbons (Fsp3) is 0.300. The molecule has 4 heteroatoms. The topological polar surface area (TPSA) is 40.7 Å². The van der Waals surface area contributed by atoms with Crippen LogP contribution in [-0.4, -0.2) is 10.2 Å². The first kappa shape index (κ1) is 9.27. The summed E-state index contributed by atoms with van der Waals surface area (Å²) in [5.41, 5.74) is 2.40. The second kappa shape index (κ2) is 3.84. The Morgan fingerprint density at radius 3 is 2.93 bits per heavy atom. The zero-order valence-electron chi connectivity index (χ0n) is 8.29. The lowest BCUT2D eigenvalue weighted by Crippen LogP contribution is -1.97. The molecule has 0 aromatic carbocycles. The van der Waals surface area contributed by atoms with Crippen molar-refractivity contribution in [3.05, 3.63) is 33.8 Å². The van der Waals surface area contributed by atoms with Crippen LogP contribution in [0.2, 0.25) is 0 Å². The smallest absolute Gasteiger partial charge is 0.0726 e. The highest BCUT2D eigenvalue weighted by Gasteiger charge is 2.02. The number of nitrogens with zero attached hydrogens (tertiary/aromatic N) is 1. The van der Waals surface area contributed by atoms with Crippen molar-refractivity contribution in [2.24, 2.45) is 0 Å². The minimum atomic E-state index is 0.871. The molecular formula is C10H13N3S. The molecule has 2 N–H and O–H groups in total. The summed E-state index contributed by atoms with van der Waals surface area (Å²) in [4.78, 5) is 2.75. The van der Waals surface area contributed by atoms with Crippen LogP contribution in [0.25, 0.3) is 0 Å². The zero-order valence-corrected chi connectivity index (χ0v) is 9.11. The molecule has 0 unspecified atom stereocenters. The molecule has 0 aliphatic carbocycles. The van der Waals surface area contributed by atoms with Gasteiger partial charge >= 0.3 is 0 Å². The van der Waals surface area contributed by atoms with E-state index in [-0.39, 0.29) is 0 Å². The highest BCUT2D eigenvalue weighted by atomic mass is 32.1. The monoisotopic (exact) mass is 207 g/mol. The van der Waals surface area contributed by atoms with Crippen molar-refractivity contribution in [2.75, 3.05) is 5.32 Å². The van der Waals surface area contributed by atoms with Gasteiger partial charge in [-0.3, -0.25) is 5.10 Å². The van der Waals surface area contributed by atoms with Crippen molar-refractivity contribution < 1.29 is 0 Å². The standard InChI is InChI=1S/C10H13N3S/c1-7-3-9(8(2)14-7)4-11-10-5-12-13-6-10/h3,5-6,11H,4H2,1-2H3,(H,12,13). The van der Waals surface area contributed by atoms with Crippen molar-refractivity contribution in [2.45, 2.75) is 20.4 Å². The van der Waals surface area contributed by atoms with Crippen LogP contribution in [0.15, 0.2) is 18.5 Å². The van der Waals surface area contributed by atoms with Crippen LogP contribution in [0.4, 0.5) is 5.69 Å². The first-order valence-corrected chi connectivity index (χ1v) is 5.36. The summed E-state index contributed by atoms with van der Waals surface area (Å²) < 4.78 is 0. The van der Waals surface area contributed by atoms with Gasteiger partial charge in [0.05, 0.1) is 11.9 Å². The molecule has 0 saturated carbocycles. The number of aromatic amines is 1. The van der Waals surface area contributed by atoms with E-state index in [1.54, 1.807) is 6.20 Å². The summed E-state index contributed by atoms with van der Waals surface area (Å²) in [7, 11) is 0. The molecule has 2 aromatic heterocycles. The number of anilines is 1. The second-order valence-electron chi connectivity index (χ2n) is 3.28. The van der Waals surface area contributed by atoms with Crippen LogP contribution in [-0.2, 0) is 6.54 Å². The second-order valence-corrected chi connectivity index (χ2v) is 4.74. The fourth-order valence-electron chi connectivity index (χ4n) is 1.40. The average molecular weight is 207 g/mol. The Balaban J connectivity index is 2.01. The molecule has 3 nitrogen and oxygen atoms in total. The largest absolute Gasteiger partial charge is 0.378 e. The molecule has 14 heavy (non-hydrogen) atoms. The van der Waals surface area contributed by atoms with Gasteiger partial charge in [-0.05, 0) is 25.5 Å². The minimum Gasteiger partial charge on any atom is -0.378 e. The molecule has 2 aromatic rings. The summed E-state index contributed by atoms with van der Waals surface area (Å²) in [6.07, 6.45) is 3.64. The molecular weight excluding hydrogens is 194 g/mol. The number of H-pyrrole nitrogens is 1. The summed E-state index contributed by atoms with van der Waals surface area (Å²) in [6.45, 7) is 5.17. The van der Waals surface area contributed by atoms with Gasteiger partial charge in [-0.15, -0.1) is 11.3 Å². The number of hydrogen-bond acceptors (Lipinski definition) is 3. The summed E-state index contributed by atoms with van der Waals surface area (Å²) in [5.74, 6) is 0. The maximum atomic E-state index is 3.88. The number of hydrogen-bond donors (Lipinski definition) is 2. The molecule has 0 fully saturated rings. The maximum Gasteiger partial charge on any atom is 0.0726 e. The summed E-state index contributed by atoms with van der Waals surface area (Å²) in [5, 5.41) is 9.96. The quantitative estimate of drug-likeness (QED) is 0.812. The van der Waals surface area contributed by atoms with Gasteiger partial charge in [0.1, 0.15) is 0 Å². The number of thiophene rings is 1. The molecule has 0 aliphatic heterocycles. The SMILES string of the molecule is Cc1cc(CNc2cn[nH]c2)c(C)s1. The summed E-state index contributed by atoms with van der Waals surface area (Å²) in [6, 6.07) is 2.23. The van der Waals surface area contributed by atoms with Crippen LogP contribution in [0.5, 0.6) is 0 Å². The molecule has 0 radical (unpaired) electrons. The Kier molecular flexibility index (Phi) is 2.54. The van der Waals surface area contributed by atoms with Crippen LogP contribution in [0.3, 0.4) is 0 Å². The van der Waals surface area contributed by atoms with Gasteiger partial charge in [0, 0.05) is 22.5 Å². The van der Waals surface area contributed by atoms with Crippen LogP contribution < -0.4 is 5.32 Å². The minimum absolute atomic E-state index is 0.871. The van der Waals surface area contributed by atoms with Crippen LogP contribution in [0.1, 0.15) is 15.3 Å².